The predicted molar refractivity (Wildman–Crippen MR) is 149 cm³/mol. The number of nitrogens with zero attached hydrogens (tertiary/aromatic N) is 2. The number of aliphatic imine (C=N–C) groups is 1. The third kappa shape index (κ3) is 10.7. The topological polar surface area (TPSA) is 244 Å². The highest BCUT2D eigenvalue weighted by Gasteiger charge is 2.32. The first kappa shape index (κ1) is 31.8. The highest BCUT2D eigenvalue weighted by atomic mass is 16.4. The number of imidazole rings is 1. The van der Waals surface area contributed by atoms with E-state index in [9.17, 15) is 24.3 Å². The standard InChI is InChI=1S/C26H39N9O5/c1-15(2)21(24(38)33-19(25(39)40)9-6-10-31-26(28)29)35-23(37)20(11-16-7-4-3-5-8-16)34-22(36)18(27)12-17-13-30-14-32-17/h3-5,7-8,13-15,18-21H,6,9-12,27H2,1-2H3,(H,30,32)(H,33,38)(H,34,36)(H,35,37)(H,39,40)(H4,28,29,31). The molecule has 0 spiro atoms. The maximum atomic E-state index is 13.4. The van der Waals surface area contributed by atoms with Crippen molar-refractivity contribution in [1.82, 2.24) is 25.9 Å². The van der Waals surface area contributed by atoms with E-state index in [0.29, 0.717) is 12.1 Å². The van der Waals surface area contributed by atoms with Crippen molar-refractivity contribution < 1.29 is 24.3 Å². The van der Waals surface area contributed by atoms with E-state index in [-0.39, 0.29) is 31.8 Å². The summed E-state index contributed by atoms with van der Waals surface area (Å²) in [5, 5.41) is 17.4. The zero-order chi connectivity index (χ0) is 29.7. The average molecular weight is 558 g/mol. The normalized spacial score (nSPS) is 13.9. The number of benzene rings is 1. The lowest BCUT2D eigenvalue weighted by Gasteiger charge is -2.27. The molecule has 0 fully saturated rings. The molecule has 0 saturated carbocycles. The van der Waals surface area contributed by atoms with Gasteiger partial charge in [-0.15, -0.1) is 0 Å². The van der Waals surface area contributed by atoms with Crippen molar-refractivity contribution in [3.8, 4) is 0 Å². The second-order valence-electron chi connectivity index (χ2n) is 9.72. The number of hydrogen-bond acceptors (Lipinski definition) is 7. The van der Waals surface area contributed by atoms with E-state index in [1.54, 1.807) is 32.2 Å². The quantitative estimate of drug-likeness (QED) is 0.0698. The molecule has 4 atom stereocenters. The van der Waals surface area contributed by atoms with Gasteiger partial charge in [-0.25, -0.2) is 9.78 Å². The van der Waals surface area contributed by atoms with Gasteiger partial charge < -0.3 is 43.2 Å². The van der Waals surface area contributed by atoms with Gasteiger partial charge in [-0.2, -0.15) is 0 Å². The van der Waals surface area contributed by atoms with E-state index in [4.69, 9.17) is 17.2 Å². The highest BCUT2D eigenvalue weighted by Crippen LogP contribution is 2.09. The Balaban J connectivity index is 2.13. The zero-order valence-corrected chi connectivity index (χ0v) is 22.7. The first-order valence-corrected chi connectivity index (χ1v) is 12.9. The second kappa shape index (κ2) is 15.8. The minimum atomic E-state index is -1.23. The Hall–Kier alpha value is -4.46. The fourth-order valence-electron chi connectivity index (χ4n) is 3.88. The molecular weight excluding hydrogens is 518 g/mol. The number of carbonyl (C=O) groups excluding carboxylic acids is 3. The van der Waals surface area contributed by atoms with Crippen molar-refractivity contribution in [2.75, 3.05) is 6.54 Å². The third-order valence-corrected chi connectivity index (χ3v) is 6.05. The summed E-state index contributed by atoms with van der Waals surface area (Å²) >= 11 is 0. The van der Waals surface area contributed by atoms with Crippen LogP contribution in [0.5, 0.6) is 0 Å². The summed E-state index contributed by atoms with van der Waals surface area (Å²) in [6, 6.07) is 4.78. The molecule has 3 amide bonds. The van der Waals surface area contributed by atoms with Crippen molar-refractivity contribution >= 4 is 29.7 Å². The zero-order valence-electron chi connectivity index (χ0n) is 22.7. The monoisotopic (exact) mass is 557 g/mol. The van der Waals surface area contributed by atoms with Crippen LogP contribution in [0.15, 0.2) is 47.8 Å². The number of hydrogen-bond donors (Lipinski definition) is 8. The Morgan fingerprint density at radius 3 is 2.23 bits per heavy atom. The van der Waals surface area contributed by atoms with Gasteiger partial charge in [-0.05, 0) is 24.3 Å². The number of nitrogens with two attached hydrogens (primary N) is 3. The number of carbonyl (C=O) groups is 4. The fraction of sp³-hybridized carbons (Fsp3) is 0.462. The molecule has 0 saturated heterocycles. The molecule has 1 aromatic heterocycles. The maximum absolute atomic E-state index is 13.4. The molecule has 0 aliphatic heterocycles. The minimum absolute atomic E-state index is 0.0809. The van der Waals surface area contributed by atoms with Gasteiger partial charge in [0.25, 0.3) is 0 Å². The van der Waals surface area contributed by atoms with Crippen LogP contribution in [-0.4, -0.2) is 75.4 Å². The molecule has 2 rings (SSSR count). The molecule has 0 bridgehead atoms. The van der Waals surface area contributed by atoms with E-state index < -0.39 is 53.8 Å². The number of aliphatic carboxylic acids is 1. The summed E-state index contributed by atoms with van der Waals surface area (Å²) in [5.41, 5.74) is 18.1. The Bertz CT molecular complexity index is 1130. The Kier molecular flexibility index (Phi) is 12.6. The molecule has 218 valence electrons. The van der Waals surface area contributed by atoms with Crippen molar-refractivity contribution in [2.24, 2.45) is 28.1 Å². The summed E-state index contributed by atoms with van der Waals surface area (Å²) in [7, 11) is 0. The first-order valence-electron chi connectivity index (χ1n) is 12.9. The number of rotatable bonds is 16. The number of nitrogens with one attached hydrogen (secondary N) is 4. The summed E-state index contributed by atoms with van der Waals surface area (Å²) in [6.07, 6.45) is 3.75. The van der Waals surface area contributed by atoms with Gasteiger partial charge in [-0.3, -0.25) is 19.4 Å². The van der Waals surface area contributed by atoms with Crippen LogP contribution >= 0.6 is 0 Å². The number of H-pyrrole nitrogens is 1. The number of aromatic amines is 1. The van der Waals surface area contributed by atoms with Gasteiger partial charge in [-0.1, -0.05) is 44.2 Å². The number of carboxylic acids is 1. The Labute approximate surface area is 232 Å². The van der Waals surface area contributed by atoms with Crippen molar-refractivity contribution in [2.45, 2.75) is 63.7 Å². The van der Waals surface area contributed by atoms with Crippen LogP contribution in [0.3, 0.4) is 0 Å². The van der Waals surface area contributed by atoms with Crippen molar-refractivity contribution in [3.63, 3.8) is 0 Å². The SMILES string of the molecule is CC(C)C(NC(=O)C(Cc1ccccc1)NC(=O)C(N)Cc1cnc[nH]1)C(=O)NC(CCCN=C(N)N)C(=O)O. The largest absolute Gasteiger partial charge is 0.480 e. The van der Waals surface area contributed by atoms with Crippen LogP contribution in [0.4, 0.5) is 0 Å². The minimum Gasteiger partial charge on any atom is -0.480 e. The Morgan fingerprint density at radius 1 is 0.975 bits per heavy atom. The van der Waals surface area contributed by atoms with Crippen LogP contribution in [0, 0.1) is 5.92 Å². The van der Waals surface area contributed by atoms with E-state index in [1.807, 2.05) is 18.2 Å². The van der Waals surface area contributed by atoms with Crippen LogP contribution in [-0.2, 0) is 32.0 Å². The summed E-state index contributed by atoms with van der Waals surface area (Å²) in [4.78, 5) is 61.7. The predicted octanol–water partition coefficient (Wildman–Crippen LogP) is -1.23. The van der Waals surface area contributed by atoms with E-state index in [1.165, 1.54) is 6.33 Å². The average Bonchev–Trinajstić information content (AvgIpc) is 3.41. The lowest BCUT2D eigenvalue weighted by atomic mass is 10.00. The summed E-state index contributed by atoms with van der Waals surface area (Å²) < 4.78 is 0. The van der Waals surface area contributed by atoms with Gasteiger partial charge >= 0.3 is 5.97 Å². The second-order valence-corrected chi connectivity index (χ2v) is 9.72. The lowest BCUT2D eigenvalue weighted by Crippen LogP contribution is -2.59. The smallest absolute Gasteiger partial charge is 0.326 e. The van der Waals surface area contributed by atoms with Crippen molar-refractivity contribution in [1.29, 1.82) is 0 Å². The number of guanidine groups is 1. The van der Waals surface area contributed by atoms with Gasteiger partial charge in [0.05, 0.1) is 12.4 Å². The lowest BCUT2D eigenvalue weighted by molar-refractivity contribution is -0.142. The van der Waals surface area contributed by atoms with E-state index >= 15 is 0 Å². The highest BCUT2D eigenvalue weighted by molar-refractivity contribution is 5.94. The third-order valence-electron chi connectivity index (χ3n) is 6.05. The molecule has 4 unspecified atom stereocenters. The van der Waals surface area contributed by atoms with Gasteiger partial charge in [0.2, 0.25) is 17.7 Å². The molecule has 2 aromatic rings. The number of amides is 3. The van der Waals surface area contributed by atoms with Crippen LogP contribution in [0.1, 0.15) is 37.9 Å². The van der Waals surface area contributed by atoms with E-state index in [2.05, 4.69) is 30.9 Å². The van der Waals surface area contributed by atoms with Crippen LogP contribution in [0.25, 0.3) is 0 Å². The molecule has 1 heterocycles. The fourth-order valence-corrected chi connectivity index (χ4v) is 3.88. The van der Waals surface area contributed by atoms with Gasteiger partial charge in [0.15, 0.2) is 5.96 Å². The van der Waals surface area contributed by atoms with Crippen LogP contribution < -0.4 is 33.2 Å². The molecule has 1 aromatic carbocycles. The summed E-state index contributed by atoms with van der Waals surface area (Å²) in [5.74, 6) is -3.57. The van der Waals surface area contributed by atoms with Gasteiger partial charge in [0, 0.05) is 31.3 Å². The molecule has 14 nitrogen and oxygen atoms in total. The van der Waals surface area contributed by atoms with Crippen LogP contribution in [0.2, 0.25) is 0 Å². The van der Waals surface area contributed by atoms with Gasteiger partial charge in [0.1, 0.15) is 18.1 Å². The molecule has 14 heteroatoms. The summed E-state index contributed by atoms with van der Waals surface area (Å²) in [6.45, 7) is 3.63. The molecule has 11 N–H and O–H groups in total. The van der Waals surface area contributed by atoms with E-state index in [0.717, 1.165) is 5.56 Å². The molecule has 40 heavy (non-hydrogen) atoms. The molecule has 0 aliphatic rings. The molecule has 0 aliphatic carbocycles. The number of aromatic nitrogens is 2. The Morgan fingerprint density at radius 2 is 1.65 bits per heavy atom. The van der Waals surface area contributed by atoms with Crippen molar-refractivity contribution in [3.05, 3.63) is 54.1 Å². The maximum Gasteiger partial charge on any atom is 0.326 e. The first-order chi connectivity index (χ1) is 19.0. The molecule has 0 radical (unpaired) electrons. The number of carboxylic acid groups (broad SMARTS) is 1. The molecular formula is C26H39N9O5.